The van der Waals surface area contributed by atoms with Gasteiger partial charge < -0.3 is 15.7 Å². The summed E-state index contributed by atoms with van der Waals surface area (Å²) in [7, 11) is -3.62. The third-order valence-electron chi connectivity index (χ3n) is 11.6. The smallest absolute Gasteiger partial charge is 0.315 e. The number of piperidine rings is 1. The number of rotatable bonds is 6. The van der Waals surface area contributed by atoms with Crippen LogP contribution in [0, 0.1) is 16.7 Å². The average Bonchev–Trinajstić information content (AvgIpc) is 3.44. The monoisotopic (exact) mass is 555 g/mol. The number of benzene rings is 1. The van der Waals surface area contributed by atoms with E-state index < -0.39 is 21.0 Å². The lowest BCUT2D eigenvalue weighted by molar-refractivity contribution is -0.0835. The van der Waals surface area contributed by atoms with Gasteiger partial charge in [0.2, 0.25) is 10.0 Å². The number of nitrogens with zero attached hydrogens (tertiary/aromatic N) is 1. The van der Waals surface area contributed by atoms with Crippen molar-refractivity contribution in [1.82, 2.24) is 14.9 Å². The summed E-state index contributed by atoms with van der Waals surface area (Å²) < 4.78 is 29.8. The lowest BCUT2D eigenvalue weighted by atomic mass is 9.64. The summed E-state index contributed by atoms with van der Waals surface area (Å²) in [5.41, 5.74) is 0.0885. The van der Waals surface area contributed by atoms with E-state index in [4.69, 9.17) is 0 Å². The molecular weight excluding hydrogens is 510 g/mol. The van der Waals surface area contributed by atoms with Gasteiger partial charge in [-0.1, -0.05) is 69.5 Å². The van der Waals surface area contributed by atoms with Gasteiger partial charge in [0.15, 0.2) is 0 Å². The molecule has 214 valence electrons. The molecule has 7 nitrogen and oxygen atoms in total. The normalized spacial score (nSPS) is 33.4. The van der Waals surface area contributed by atoms with Crippen LogP contribution in [0.4, 0.5) is 4.79 Å². The molecule has 4 aliphatic carbocycles. The molecule has 4 fully saturated rings. The molecule has 1 spiro atoms. The van der Waals surface area contributed by atoms with Crippen LogP contribution in [0.1, 0.15) is 89.2 Å². The molecule has 1 heterocycles. The minimum atomic E-state index is -3.62. The highest BCUT2D eigenvalue weighted by atomic mass is 32.2. The Morgan fingerprint density at radius 1 is 1.05 bits per heavy atom. The third-order valence-corrected chi connectivity index (χ3v) is 13.7. The van der Waals surface area contributed by atoms with Gasteiger partial charge in [-0.3, -0.25) is 0 Å². The first-order chi connectivity index (χ1) is 18.5. The molecule has 8 heteroatoms. The van der Waals surface area contributed by atoms with Gasteiger partial charge >= 0.3 is 6.03 Å². The molecule has 2 amide bonds. The van der Waals surface area contributed by atoms with Crippen molar-refractivity contribution in [2.75, 3.05) is 25.4 Å². The number of fused-ring (bicyclic) bond motifs is 4. The molecule has 6 rings (SSSR count). The van der Waals surface area contributed by atoms with Crippen molar-refractivity contribution in [2.45, 2.75) is 95.1 Å². The Balaban J connectivity index is 1.16. The van der Waals surface area contributed by atoms with Gasteiger partial charge in [0.25, 0.3) is 0 Å². The lowest BCUT2D eigenvalue weighted by Gasteiger charge is -2.49. The van der Waals surface area contributed by atoms with E-state index in [9.17, 15) is 18.3 Å². The Morgan fingerprint density at radius 3 is 2.49 bits per heavy atom. The Morgan fingerprint density at radius 2 is 1.77 bits per heavy atom. The zero-order valence-corrected chi connectivity index (χ0v) is 24.4. The summed E-state index contributed by atoms with van der Waals surface area (Å²) in [6, 6.07) is 8.36. The van der Waals surface area contributed by atoms with Crippen LogP contribution in [0.15, 0.2) is 30.3 Å². The number of carbonyl (C=O) groups is 1. The summed E-state index contributed by atoms with van der Waals surface area (Å²) in [5.74, 6) is 0.177. The van der Waals surface area contributed by atoms with Crippen LogP contribution in [0.3, 0.4) is 0 Å². The summed E-state index contributed by atoms with van der Waals surface area (Å²) in [6.45, 7) is 5.33. The molecule has 2 bridgehead atoms. The summed E-state index contributed by atoms with van der Waals surface area (Å²) >= 11 is 0. The molecule has 3 N–H and O–H groups in total. The highest BCUT2D eigenvalue weighted by Crippen LogP contribution is 2.70. The zero-order chi connectivity index (χ0) is 27.5. The number of amides is 2. The largest absolute Gasteiger partial charge is 0.387 e. The van der Waals surface area contributed by atoms with Crippen LogP contribution in [0.2, 0.25) is 0 Å². The molecular formula is C31H45N3O4S. The van der Waals surface area contributed by atoms with Gasteiger partial charge in [0.05, 0.1) is 11.4 Å². The van der Waals surface area contributed by atoms with Crippen molar-refractivity contribution >= 4 is 22.1 Å². The van der Waals surface area contributed by atoms with Gasteiger partial charge in [-0.15, -0.1) is 0 Å². The summed E-state index contributed by atoms with van der Waals surface area (Å²) in [4.78, 5) is 12.8. The van der Waals surface area contributed by atoms with Crippen LogP contribution >= 0.6 is 0 Å². The number of allylic oxidation sites excluding steroid dienone is 1. The number of aliphatic hydroxyl groups is 1. The van der Waals surface area contributed by atoms with Gasteiger partial charge in [0.1, 0.15) is 0 Å². The van der Waals surface area contributed by atoms with Crippen molar-refractivity contribution in [1.29, 1.82) is 0 Å². The molecule has 3 atom stereocenters. The molecule has 0 aromatic heterocycles. The van der Waals surface area contributed by atoms with Crippen molar-refractivity contribution in [3.8, 4) is 0 Å². The third kappa shape index (κ3) is 4.36. The van der Waals surface area contributed by atoms with Crippen LogP contribution in [0.25, 0.3) is 6.08 Å². The highest BCUT2D eigenvalue weighted by Gasteiger charge is 2.72. The van der Waals surface area contributed by atoms with Crippen LogP contribution in [0.5, 0.6) is 0 Å². The van der Waals surface area contributed by atoms with Gasteiger partial charge in [-0.05, 0) is 67.4 Å². The predicted molar refractivity (Wildman–Crippen MR) is 154 cm³/mol. The number of nitrogens with one attached hydrogen (secondary N) is 2. The molecule has 1 aliphatic heterocycles. The van der Waals surface area contributed by atoms with E-state index in [0.717, 1.165) is 44.9 Å². The van der Waals surface area contributed by atoms with Crippen LogP contribution in [-0.4, -0.2) is 60.9 Å². The molecule has 3 saturated carbocycles. The number of hydrogen-bond acceptors (Lipinski definition) is 4. The topological polar surface area (TPSA) is 98.7 Å². The Kier molecular flexibility index (Phi) is 6.71. The van der Waals surface area contributed by atoms with Crippen molar-refractivity contribution < 1.29 is 18.3 Å². The lowest BCUT2D eigenvalue weighted by Crippen LogP contribution is -2.61. The number of carbonyl (C=O) groups excluding carboxylic acids is 1. The zero-order valence-electron chi connectivity index (χ0n) is 23.5. The van der Waals surface area contributed by atoms with E-state index in [-0.39, 0.29) is 41.1 Å². The highest BCUT2D eigenvalue weighted by molar-refractivity contribution is 7.89. The van der Waals surface area contributed by atoms with Crippen LogP contribution < -0.4 is 10.6 Å². The Labute approximate surface area is 233 Å². The Bertz CT molecular complexity index is 1250. The second-order valence-electron chi connectivity index (χ2n) is 13.7. The van der Waals surface area contributed by atoms with Gasteiger partial charge in [-0.2, -0.15) is 0 Å². The second kappa shape index (κ2) is 9.59. The minimum Gasteiger partial charge on any atom is -0.387 e. The van der Waals surface area contributed by atoms with E-state index in [1.165, 1.54) is 17.5 Å². The number of sulfonamides is 1. The average molecular weight is 556 g/mol. The minimum absolute atomic E-state index is 0.0641. The number of urea groups is 1. The fourth-order valence-corrected chi connectivity index (χ4v) is 11.4. The standard InChI is InChI=1S/C31H45N3O4S/c1-28(2)24-13-15-30(28,31(36,20-24)21-32-27(35)33-25-9-4-3-5-10-25)22-39(37,38)34-18-16-29(17-19-34)14-12-23-8-6-7-11-26(23)29/h6-8,11-12,14,24-25,36H,3-5,9-10,13,15-22H2,1-2H3,(H2,32,33,35)/t24-,30+,31-/m1/s1. The summed E-state index contributed by atoms with van der Waals surface area (Å²) in [5, 5.41) is 18.2. The molecule has 39 heavy (non-hydrogen) atoms. The first kappa shape index (κ1) is 27.3. The van der Waals surface area contributed by atoms with Crippen molar-refractivity contribution in [2.24, 2.45) is 16.7 Å². The van der Waals surface area contributed by atoms with E-state index in [0.29, 0.717) is 25.9 Å². The molecule has 0 radical (unpaired) electrons. The SMILES string of the molecule is CC1(C)[C@@H]2CC[C@@]1(CS(=O)(=O)N1CCC3(C=Cc4ccccc43)CC1)[C@](O)(CNC(=O)NC1CCCCC1)C2. The van der Waals surface area contributed by atoms with Gasteiger partial charge in [0, 0.05) is 36.5 Å². The van der Waals surface area contributed by atoms with E-state index >= 15 is 0 Å². The molecule has 1 aromatic rings. The quantitative estimate of drug-likeness (QED) is 0.479. The maximum atomic E-state index is 14.0. The van der Waals surface area contributed by atoms with E-state index in [2.05, 4.69) is 60.9 Å². The van der Waals surface area contributed by atoms with Crippen molar-refractivity contribution in [3.63, 3.8) is 0 Å². The molecule has 5 aliphatic rings. The molecule has 1 aromatic carbocycles. The predicted octanol–water partition coefficient (Wildman–Crippen LogP) is 4.57. The first-order valence-corrected chi connectivity index (χ1v) is 16.6. The Hall–Kier alpha value is -1.90. The molecule has 0 unspecified atom stereocenters. The second-order valence-corrected chi connectivity index (χ2v) is 15.6. The van der Waals surface area contributed by atoms with Crippen molar-refractivity contribution in [3.05, 3.63) is 41.5 Å². The van der Waals surface area contributed by atoms with E-state index in [1.54, 1.807) is 4.31 Å². The first-order valence-electron chi connectivity index (χ1n) is 15.0. The maximum Gasteiger partial charge on any atom is 0.315 e. The van der Waals surface area contributed by atoms with Gasteiger partial charge in [-0.25, -0.2) is 17.5 Å². The number of hydrogen-bond donors (Lipinski definition) is 3. The van der Waals surface area contributed by atoms with E-state index in [1.807, 2.05) is 0 Å². The summed E-state index contributed by atoms with van der Waals surface area (Å²) in [6.07, 6.45) is 13.6. The fourth-order valence-electron chi connectivity index (χ4n) is 9.07. The maximum absolute atomic E-state index is 14.0. The van der Waals surface area contributed by atoms with Crippen LogP contribution in [-0.2, 0) is 15.4 Å². The molecule has 1 saturated heterocycles. The fraction of sp³-hybridized carbons (Fsp3) is 0.710.